The Morgan fingerprint density at radius 2 is 1.89 bits per heavy atom. The van der Waals surface area contributed by atoms with Gasteiger partial charge >= 0.3 is 0 Å². The fraction of sp³-hybridized carbons (Fsp3) is 0.333. The van der Waals surface area contributed by atoms with E-state index in [-0.39, 0.29) is 11.9 Å². The van der Waals surface area contributed by atoms with Gasteiger partial charge in [0.1, 0.15) is 5.69 Å². The summed E-state index contributed by atoms with van der Waals surface area (Å²) in [4.78, 5) is 12.2. The van der Waals surface area contributed by atoms with E-state index in [1.165, 1.54) is 0 Å². The molecule has 19 heavy (non-hydrogen) atoms. The zero-order chi connectivity index (χ0) is 13.8. The maximum absolute atomic E-state index is 12.2. The molecule has 4 nitrogen and oxygen atoms in total. The van der Waals surface area contributed by atoms with Gasteiger partial charge < -0.3 is 5.32 Å². The molecule has 1 unspecified atom stereocenters. The van der Waals surface area contributed by atoms with Crippen LogP contribution in [-0.2, 0) is 7.05 Å². The van der Waals surface area contributed by atoms with E-state index in [9.17, 15) is 4.79 Å². The van der Waals surface area contributed by atoms with Gasteiger partial charge in [-0.05, 0) is 17.5 Å². The normalized spacial score (nSPS) is 12.4. The first-order valence-corrected chi connectivity index (χ1v) is 6.43. The minimum atomic E-state index is -0.0949. The molecule has 1 aromatic heterocycles. The fourth-order valence-corrected chi connectivity index (χ4v) is 2.11. The first kappa shape index (κ1) is 13.3. The van der Waals surface area contributed by atoms with Crippen molar-refractivity contribution in [1.82, 2.24) is 15.1 Å². The van der Waals surface area contributed by atoms with Gasteiger partial charge in [-0.2, -0.15) is 5.10 Å². The van der Waals surface area contributed by atoms with E-state index in [0.29, 0.717) is 11.6 Å². The van der Waals surface area contributed by atoms with Crippen LogP contribution in [0.4, 0.5) is 0 Å². The van der Waals surface area contributed by atoms with Crippen molar-refractivity contribution in [3.05, 3.63) is 53.9 Å². The third kappa shape index (κ3) is 3.02. The first-order chi connectivity index (χ1) is 9.09. The maximum Gasteiger partial charge on any atom is 0.270 e. The van der Waals surface area contributed by atoms with Gasteiger partial charge in [0, 0.05) is 13.2 Å². The van der Waals surface area contributed by atoms with Crippen molar-refractivity contribution in [2.75, 3.05) is 0 Å². The number of rotatable bonds is 4. The Labute approximate surface area is 113 Å². The molecule has 2 aromatic rings. The number of aryl methyl sites for hydroxylation is 1. The number of nitrogens with one attached hydrogen (secondary N) is 1. The summed E-state index contributed by atoms with van der Waals surface area (Å²) in [5.74, 6) is 0.224. The highest BCUT2D eigenvalue weighted by atomic mass is 16.2. The lowest BCUT2D eigenvalue weighted by Gasteiger charge is -2.22. The van der Waals surface area contributed by atoms with Crippen LogP contribution in [0.1, 0.15) is 35.9 Å². The second kappa shape index (κ2) is 5.69. The van der Waals surface area contributed by atoms with E-state index in [1.54, 1.807) is 24.0 Å². The minimum Gasteiger partial charge on any atom is -0.344 e. The molecule has 0 spiro atoms. The Morgan fingerprint density at radius 1 is 1.21 bits per heavy atom. The summed E-state index contributed by atoms with van der Waals surface area (Å²) in [7, 11) is 1.77. The summed E-state index contributed by atoms with van der Waals surface area (Å²) < 4.78 is 1.58. The molecule has 1 atom stereocenters. The predicted octanol–water partition coefficient (Wildman–Crippen LogP) is 2.55. The largest absolute Gasteiger partial charge is 0.344 e. The number of hydrogen-bond donors (Lipinski definition) is 1. The van der Waals surface area contributed by atoms with Gasteiger partial charge in [-0.25, -0.2) is 0 Å². The quantitative estimate of drug-likeness (QED) is 0.915. The molecule has 0 aliphatic heterocycles. The lowest BCUT2D eigenvalue weighted by molar-refractivity contribution is 0.0916. The van der Waals surface area contributed by atoms with Crippen LogP contribution in [0.2, 0.25) is 0 Å². The Hall–Kier alpha value is -2.10. The van der Waals surface area contributed by atoms with Crippen molar-refractivity contribution < 1.29 is 4.79 Å². The van der Waals surface area contributed by atoms with Crippen LogP contribution in [0.5, 0.6) is 0 Å². The van der Waals surface area contributed by atoms with Gasteiger partial charge in [0.05, 0.1) is 6.04 Å². The van der Waals surface area contributed by atoms with Crippen LogP contribution in [0.15, 0.2) is 42.6 Å². The molecule has 0 fully saturated rings. The molecule has 0 aliphatic rings. The van der Waals surface area contributed by atoms with Crippen LogP contribution in [0, 0.1) is 5.92 Å². The summed E-state index contributed by atoms with van der Waals surface area (Å²) in [6, 6.07) is 11.7. The lowest BCUT2D eigenvalue weighted by Crippen LogP contribution is -2.32. The topological polar surface area (TPSA) is 46.9 Å². The number of benzene rings is 1. The molecule has 1 amide bonds. The number of carbonyl (C=O) groups is 1. The SMILES string of the molecule is CC(C)C(NC(=O)c1ccnn1C)c1ccccc1. The Balaban J connectivity index is 2.19. The average molecular weight is 257 g/mol. The number of hydrogen-bond acceptors (Lipinski definition) is 2. The van der Waals surface area contributed by atoms with E-state index in [1.807, 2.05) is 30.3 Å². The van der Waals surface area contributed by atoms with Crippen LogP contribution in [-0.4, -0.2) is 15.7 Å². The van der Waals surface area contributed by atoms with Gasteiger partial charge in [-0.15, -0.1) is 0 Å². The van der Waals surface area contributed by atoms with E-state index >= 15 is 0 Å². The lowest BCUT2D eigenvalue weighted by atomic mass is 9.96. The number of nitrogens with zero attached hydrogens (tertiary/aromatic N) is 2. The fourth-order valence-electron chi connectivity index (χ4n) is 2.11. The van der Waals surface area contributed by atoms with Crippen molar-refractivity contribution in [2.24, 2.45) is 13.0 Å². The standard InChI is InChI=1S/C15H19N3O/c1-11(2)14(12-7-5-4-6-8-12)17-15(19)13-9-10-16-18(13)3/h4-11,14H,1-3H3,(H,17,19). The Morgan fingerprint density at radius 3 is 2.42 bits per heavy atom. The predicted molar refractivity (Wildman–Crippen MR) is 74.7 cm³/mol. The van der Waals surface area contributed by atoms with Gasteiger partial charge in [0.2, 0.25) is 0 Å². The van der Waals surface area contributed by atoms with Crippen LogP contribution in [0.3, 0.4) is 0 Å². The molecular formula is C15H19N3O. The van der Waals surface area contributed by atoms with Gasteiger partial charge in [0.15, 0.2) is 0 Å². The molecule has 2 rings (SSSR count). The van der Waals surface area contributed by atoms with E-state index in [4.69, 9.17) is 0 Å². The van der Waals surface area contributed by atoms with E-state index < -0.39 is 0 Å². The third-order valence-corrected chi connectivity index (χ3v) is 3.17. The molecule has 1 N–H and O–H groups in total. The van der Waals surface area contributed by atoms with E-state index in [0.717, 1.165) is 5.56 Å². The van der Waals surface area contributed by atoms with Gasteiger partial charge in [0.25, 0.3) is 5.91 Å². The molecule has 0 saturated carbocycles. The molecule has 100 valence electrons. The second-order valence-electron chi connectivity index (χ2n) is 4.95. The zero-order valence-corrected chi connectivity index (χ0v) is 11.5. The maximum atomic E-state index is 12.2. The molecule has 4 heteroatoms. The van der Waals surface area contributed by atoms with E-state index in [2.05, 4.69) is 24.3 Å². The second-order valence-corrected chi connectivity index (χ2v) is 4.95. The zero-order valence-electron chi connectivity index (χ0n) is 11.5. The molecule has 0 aliphatic carbocycles. The van der Waals surface area contributed by atoms with Crippen molar-refractivity contribution in [3.8, 4) is 0 Å². The molecular weight excluding hydrogens is 238 g/mol. The summed E-state index contributed by atoms with van der Waals surface area (Å²) >= 11 is 0. The average Bonchev–Trinajstić information content (AvgIpc) is 2.82. The Kier molecular flexibility index (Phi) is 4.00. The highest BCUT2D eigenvalue weighted by Gasteiger charge is 2.20. The molecule has 0 saturated heterocycles. The highest BCUT2D eigenvalue weighted by Crippen LogP contribution is 2.21. The number of aromatic nitrogens is 2. The molecule has 1 aromatic carbocycles. The van der Waals surface area contributed by atoms with Crippen LogP contribution >= 0.6 is 0 Å². The van der Waals surface area contributed by atoms with Gasteiger partial charge in [-0.1, -0.05) is 44.2 Å². The summed E-state index contributed by atoms with van der Waals surface area (Å²) in [5, 5.41) is 7.09. The molecule has 0 radical (unpaired) electrons. The van der Waals surface area contributed by atoms with Crippen molar-refractivity contribution in [2.45, 2.75) is 19.9 Å². The summed E-state index contributed by atoms with van der Waals surface area (Å²) in [6.07, 6.45) is 1.63. The smallest absolute Gasteiger partial charge is 0.270 e. The monoisotopic (exact) mass is 257 g/mol. The molecule has 0 bridgehead atoms. The number of amides is 1. The van der Waals surface area contributed by atoms with Crippen LogP contribution in [0.25, 0.3) is 0 Å². The summed E-state index contributed by atoms with van der Waals surface area (Å²) in [6.45, 7) is 4.20. The third-order valence-electron chi connectivity index (χ3n) is 3.17. The summed E-state index contributed by atoms with van der Waals surface area (Å²) in [5.41, 5.74) is 1.69. The van der Waals surface area contributed by atoms with Crippen LogP contribution < -0.4 is 5.32 Å². The highest BCUT2D eigenvalue weighted by molar-refractivity contribution is 5.92. The Bertz CT molecular complexity index is 546. The number of carbonyl (C=O) groups excluding carboxylic acids is 1. The van der Waals surface area contributed by atoms with Crippen molar-refractivity contribution in [3.63, 3.8) is 0 Å². The first-order valence-electron chi connectivity index (χ1n) is 6.43. The van der Waals surface area contributed by atoms with Crippen molar-refractivity contribution >= 4 is 5.91 Å². The minimum absolute atomic E-state index is 0.00333. The van der Waals surface area contributed by atoms with Crippen molar-refractivity contribution in [1.29, 1.82) is 0 Å². The molecule has 1 heterocycles. The van der Waals surface area contributed by atoms with Gasteiger partial charge in [-0.3, -0.25) is 9.48 Å².